The van der Waals surface area contributed by atoms with Crippen molar-refractivity contribution >= 4 is 28.6 Å². The van der Waals surface area contributed by atoms with Gasteiger partial charge in [-0.3, -0.25) is 14.9 Å². The third kappa shape index (κ3) is 9.90. The van der Waals surface area contributed by atoms with Gasteiger partial charge in [-0.2, -0.15) is 0 Å². The summed E-state index contributed by atoms with van der Waals surface area (Å²) < 4.78 is 5.73. The van der Waals surface area contributed by atoms with Crippen molar-refractivity contribution in [2.24, 2.45) is 0 Å². The molecule has 11 nitrogen and oxygen atoms in total. The lowest BCUT2D eigenvalue weighted by atomic mass is 10.0. The number of benzene rings is 3. The van der Waals surface area contributed by atoms with Gasteiger partial charge in [0.2, 0.25) is 11.5 Å². The van der Waals surface area contributed by atoms with E-state index in [0.29, 0.717) is 42.5 Å². The summed E-state index contributed by atoms with van der Waals surface area (Å²) in [4.78, 5) is 41.5. The second-order valence-corrected chi connectivity index (χ2v) is 12.1. The molecular weight excluding hydrogens is 610 g/mol. The maximum absolute atomic E-state index is 12.7. The number of pyridine rings is 1. The molecule has 6 N–H and O–H groups in total. The Balaban J connectivity index is 0.898. The number of para-hydroxylation sites is 1. The van der Waals surface area contributed by atoms with Crippen molar-refractivity contribution in [2.75, 3.05) is 44.6 Å². The molecule has 1 aromatic heterocycles. The molecule has 3 aromatic carbocycles. The van der Waals surface area contributed by atoms with Crippen LogP contribution < -0.4 is 21.5 Å². The molecule has 2 heterocycles. The van der Waals surface area contributed by atoms with Gasteiger partial charge in [-0.05, 0) is 61.6 Å². The van der Waals surface area contributed by atoms with E-state index in [-0.39, 0.29) is 23.3 Å². The number of amides is 2. The Morgan fingerprint density at radius 1 is 0.917 bits per heavy atom. The molecule has 0 spiro atoms. The number of unbranched alkanes of at least 4 members (excludes halogenated alkanes) is 2. The van der Waals surface area contributed by atoms with E-state index >= 15 is 0 Å². The first-order chi connectivity index (χ1) is 23.4. The molecule has 5 rings (SSSR count). The number of carbonyl (C=O) groups is 2. The summed E-state index contributed by atoms with van der Waals surface area (Å²) >= 11 is 0. The molecule has 254 valence electrons. The third-order valence-corrected chi connectivity index (χ3v) is 8.67. The number of aliphatic hydroxyl groups excluding tert-OH is 1. The average molecular weight is 656 g/mol. The first-order valence-electron chi connectivity index (χ1n) is 16.7. The Bertz CT molecular complexity index is 1700. The molecule has 2 amide bonds. The minimum Gasteiger partial charge on any atom is -0.506 e. The number of aromatic nitrogens is 1. The number of nitrogens with one attached hydrogen (secondary N) is 4. The molecule has 0 bridgehead atoms. The van der Waals surface area contributed by atoms with E-state index in [2.05, 4.69) is 25.8 Å². The summed E-state index contributed by atoms with van der Waals surface area (Å²) in [6.45, 7) is 3.98. The normalized spacial score (nSPS) is 14.4. The van der Waals surface area contributed by atoms with Crippen LogP contribution >= 0.6 is 0 Å². The zero-order chi connectivity index (χ0) is 33.7. The van der Waals surface area contributed by atoms with Crippen LogP contribution in [0.3, 0.4) is 0 Å². The molecule has 0 saturated carbocycles. The number of phenols is 1. The van der Waals surface area contributed by atoms with Crippen LogP contribution in [0.15, 0.2) is 83.7 Å². The summed E-state index contributed by atoms with van der Waals surface area (Å²) in [5.74, 6) is 0.00680. The fourth-order valence-corrected chi connectivity index (χ4v) is 6.06. The molecule has 1 saturated heterocycles. The number of phenolic OH excluding ortho intramolecular Hbond substituents is 1. The number of aliphatic hydroxyl groups is 1. The highest BCUT2D eigenvalue weighted by Crippen LogP contribution is 2.29. The van der Waals surface area contributed by atoms with Crippen molar-refractivity contribution in [3.05, 3.63) is 94.8 Å². The maximum atomic E-state index is 12.7. The number of aromatic hydroxyl groups is 1. The van der Waals surface area contributed by atoms with Crippen LogP contribution in [-0.4, -0.2) is 77.5 Å². The number of likely N-dealkylation sites (tertiary alicyclic amines) is 1. The van der Waals surface area contributed by atoms with Crippen LogP contribution in [0.1, 0.15) is 50.2 Å². The van der Waals surface area contributed by atoms with Crippen LogP contribution in [0.5, 0.6) is 5.75 Å². The highest BCUT2D eigenvalue weighted by molar-refractivity contribution is 5.91. The number of aromatic amines is 1. The summed E-state index contributed by atoms with van der Waals surface area (Å²) in [7, 11) is 0. The highest BCUT2D eigenvalue weighted by atomic mass is 16.6. The number of hydrogen-bond acceptors (Lipinski definition) is 8. The van der Waals surface area contributed by atoms with Gasteiger partial charge < -0.3 is 35.5 Å². The zero-order valence-corrected chi connectivity index (χ0v) is 27.1. The predicted molar refractivity (Wildman–Crippen MR) is 187 cm³/mol. The van der Waals surface area contributed by atoms with Gasteiger partial charge >= 0.3 is 6.09 Å². The number of anilines is 1. The standard InChI is InChI=1S/C37H45N5O6/c43-32-16-14-29(30-15-17-35(46)41-36(30)32)33(44)25-38-20-8-2-5-13-34(45)39-21-24-42-22-18-27(19-23-42)48-37(47)40-31-12-7-6-11-28(31)26-9-3-1-4-10-26/h1,3-4,6-7,9-12,14-17,27,33,38,43-44H,2,5,8,13,18-25H2,(H,39,45)(H,40,47)(H,41,46)/t33-/m0/s1. The minimum absolute atomic E-state index is 0.0361. The second-order valence-electron chi connectivity index (χ2n) is 12.1. The number of nitrogens with zero attached hydrogens (tertiary/aromatic N) is 1. The molecule has 1 fully saturated rings. The maximum Gasteiger partial charge on any atom is 0.411 e. The van der Waals surface area contributed by atoms with Crippen LogP contribution in [0.25, 0.3) is 22.0 Å². The number of carbonyl (C=O) groups excluding carboxylic acids is 2. The molecule has 48 heavy (non-hydrogen) atoms. The van der Waals surface area contributed by atoms with E-state index in [1.54, 1.807) is 12.1 Å². The molecule has 0 aliphatic carbocycles. The van der Waals surface area contributed by atoms with Gasteiger partial charge in [0.15, 0.2) is 0 Å². The first kappa shape index (κ1) is 34.6. The number of ether oxygens (including phenoxy) is 1. The molecule has 0 unspecified atom stereocenters. The minimum atomic E-state index is -0.795. The second kappa shape index (κ2) is 17.4. The van der Waals surface area contributed by atoms with E-state index in [4.69, 9.17) is 4.74 Å². The number of hydrogen-bond donors (Lipinski definition) is 6. The largest absolute Gasteiger partial charge is 0.506 e. The van der Waals surface area contributed by atoms with Gasteiger partial charge in [0.25, 0.3) is 0 Å². The van der Waals surface area contributed by atoms with E-state index < -0.39 is 12.2 Å². The zero-order valence-electron chi connectivity index (χ0n) is 27.1. The van der Waals surface area contributed by atoms with Gasteiger partial charge in [-0.15, -0.1) is 0 Å². The Hall–Kier alpha value is -4.71. The van der Waals surface area contributed by atoms with Crippen LogP contribution in [0.2, 0.25) is 0 Å². The van der Waals surface area contributed by atoms with Gasteiger partial charge in [0.1, 0.15) is 11.9 Å². The van der Waals surface area contributed by atoms with Crippen LogP contribution in [0, 0.1) is 0 Å². The van der Waals surface area contributed by atoms with E-state index in [1.165, 1.54) is 12.1 Å². The fourth-order valence-electron chi connectivity index (χ4n) is 6.06. The molecule has 0 radical (unpaired) electrons. The molecule has 1 aliphatic rings. The number of rotatable bonds is 15. The highest BCUT2D eigenvalue weighted by Gasteiger charge is 2.23. The quantitative estimate of drug-likeness (QED) is 0.0987. The van der Waals surface area contributed by atoms with Crippen molar-refractivity contribution < 1.29 is 24.5 Å². The smallest absolute Gasteiger partial charge is 0.411 e. The van der Waals surface area contributed by atoms with Gasteiger partial charge in [-0.25, -0.2) is 4.79 Å². The van der Waals surface area contributed by atoms with Crippen LogP contribution in [0.4, 0.5) is 10.5 Å². The van der Waals surface area contributed by atoms with Crippen molar-refractivity contribution in [1.29, 1.82) is 0 Å². The van der Waals surface area contributed by atoms with E-state index in [1.807, 2.05) is 54.6 Å². The van der Waals surface area contributed by atoms with E-state index in [0.717, 1.165) is 68.6 Å². The van der Waals surface area contributed by atoms with E-state index in [9.17, 15) is 24.6 Å². The van der Waals surface area contributed by atoms with Crippen molar-refractivity contribution in [2.45, 2.75) is 50.7 Å². The van der Waals surface area contributed by atoms with Gasteiger partial charge in [0.05, 0.1) is 17.3 Å². The number of fused-ring (bicyclic) bond motifs is 1. The average Bonchev–Trinajstić information content (AvgIpc) is 3.09. The number of piperidine rings is 1. The molecule has 11 heteroatoms. The Morgan fingerprint density at radius 2 is 1.69 bits per heavy atom. The molecule has 1 atom stereocenters. The summed E-state index contributed by atoms with van der Waals surface area (Å²) in [6.07, 6.45) is 3.13. The lowest BCUT2D eigenvalue weighted by molar-refractivity contribution is -0.121. The van der Waals surface area contributed by atoms with Crippen molar-refractivity contribution in [3.8, 4) is 16.9 Å². The summed E-state index contributed by atoms with van der Waals surface area (Å²) in [5, 5.41) is 30.5. The van der Waals surface area contributed by atoms with Crippen molar-refractivity contribution in [3.63, 3.8) is 0 Å². The SMILES string of the molecule is O=C(CCCCCNC[C@H](O)c1ccc(O)c2[nH]c(=O)ccc12)NCCN1CCC(OC(=O)Nc2ccccc2-c2ccccc2)CC1. The van der Waals surface area contributed by atoms with Gasteiger partial charge in [-0.1, -0.05) is 61.0 Å². The monoisotopic (exact) mass is 655 g/mol. The summed E-state index contributed by atoms with van der Waals surface area (Å²) in [5.41, 5.74) is 3.32. The Morgan fingerprint density at radius 3 is 2.50 bits per heavy atom. The van der Waals surface area contributed by atoms with Crippen molar-refractivity contribution in [1.82, 2.24) is 20.5 Å². The molecular formula is C37H45N5O6. The molecule has 1 aliphatic heterocycles. The van der Waals surface area contributed by atoms with Gasteiger partial charge in [0, 0.05) is 56.2 Å². The predicted octanol–water partition coefficient (Wildman–Crippen LogP) is 4.91. The first-order valence-corrected chi connectivity index (χ1v) is 16.7. The fraction of sp³-hybridized carbons (Fsp3) is 0.378. The Kier molecular flexibility index (Phi) is 12.6. The number of H-pyrrole nitrogens is 1. The third-order valence-electron chi connectivity index (χ3n) is 8.67. The lowest BCUT2D eigenvalue weighted by Crippen LogP contribution is -2.42. The summed E-state index contributed by atoms with van der Waals surface area (Å²) in [6, 6.07) is 23.7. The molecule has 4 aromatic rings. The Labute approximate surface area is 280 Å². The lowest BCUT2D eigenvalue weighted by Gasteiger charge is -2.31. The van der Waals surface area contributed by atoms with Crippen LogP contribution in [-0.2, 0) is 9.53 Å². The topological polar surface area (TPSA) is 156 Å².